The Morgan fingerprint density at radius 1 is 1.61 bits per heavy atom. The molecule has 1 aromatic carbocycles. The van der Waals surface area contributed by atoms with Gasteiger partial charge in [0.2, 0.25) is 0 Å². The molecule has 0 aliphatic rings. The van der Waals surface area contributed by atoms with E-state index >= 15 is 0 Å². The summed E-state index contributed by atoms with van der Waals surface area (Å²) in [5, 5.41) is 22.0. The summed E-state index contributed by atoms with van der Waals surface area (Å²) in [7, 11) is 0. The number of ether oxygens (including phenoxy) is 1. The van der Waals surface area contributed by atoms with Crippen LogP contribution >= 0.6 is 0 Å². The fourth-order valence-corrected chi connectivity index (χ4v) is 1.47. The van der Waals surface area contributed by atoms with E-state index in [1.807, 2.05) is 0 Å². The standard InChI is InChI=1S/C11H15N3O4/c1-8-4-2-5-9(11(8)14(16)17)18-7-3-6-10(12)13-15/h2,4-5,15H,3,6-7H2,1H3,(H2,12,13). The van der Waals surface area contributed by atoms with Gasteiger partial charge in [-0.2, -0.15) is 0 Å². The van der Waals surface area contributed by atoms with E-state index in [9.17, 15) is 10.1 Å². The van der Waals surface area contributed by atoms with Crippen molar-refractivity contribution in [2.45, 2.75) is 19.8 Å². The zero-order chi connectivity index (χ0) is 13.5. The van der Waals surface area contributed by atoms with Crippen LogP contribution in [-0.4, -0.2) is 22.6 Å². The Morgan fingerprint density at radius 3 is 2.94 bits per heavy atom. The molecule has 3 N–H and O–H groups in total. The average Bonchev–Trinajstić information content (AvgIpc) is 2.33. The number of para-hydroxylation sites is 1. The Bertz CT molecular complexity index is 460. The first-order chi connectivity index (χ1) is 8.56. The first-order valence-corrected chi connectivity index (χ1v) is 5.39. The lowest BCUT2D eigenvalue weighted by molar-refractivity contribution is -0.386. The van der Waals surface area contributed by atoms with Gasteiger partial charge in [-0.25, -0.2) is 0 Å². The molecule has 98 valence electrons. The van der Waals surface area contributed by atoms with Crippen LogP contribution in [0.3, 0.4) is 0 Å². The summed E-state index contributed by atoms with van der Waals surface area (Å²) in [5.74, 6) is 0.344. The SMILES string of the molecule is Cc1cccc(OCCC/C(N)=N/O)c1[N+](=O)[O-]. The van der Waals surface area contributed by atoms with Crippen molar-refractivity contribution < 1.29 is 14.9 Å². The maximum atomic E-state index is 10.9. The molecule has 0 atom stereocenters. The second-order valence-corrected chi connectivity index (χ2v) is 3.72. The topological polar surface area (TPSA) is 111 Å². The molecule has 0 saturated carbocycles. The highest BCUT2D eigenvalue weighted by Crippen LogP contribution is 2.30. The van der Waals surface area contributed by atoms with Gasteiger partial charge in [0.05, 0.1) is 11.5 Å². The summed E-state index contributed by atoms with van der Waals surface area (Å²) < 4.78 is 5.34. The molecule has 18 heavy (non-hydrogen) atoms. The van der Waals surface area contributed by atoms with Gasteiger partial charge in [0.15, 0.2) is 5.75 Å². The van der Waals surface area contributed by atoms with Crippen LogP contribution in [0, 0.1) is 17.0 Å². The lowest BCUT2D eigenvalue weighted by atomic mass is 10.2. The molecular weight excluding hydrogens is 238 g/mol. The number of oxime groups is 1. The van der Waals surface area contributed by atoms with Crippen LogP contribution in [-0.2, 0) is 0 Å². The number of amidine groups is 1. The van der Waals surface area contributed by atoms with Crippen LogP contribution in [0.2, 0.25) is 0 Å². The fraction of sp³-hybridized carbons (Fsp3) is 0.364. The van der Waals surface area contributed by atoms with Gasteiger partial charge in [-0.1, -0.05) is 17.3 Å². The Hall–Kier alpha value is -2.31. The molecule has 0 fully saturated rings. The summed E-state index contributed by atoms with van der Waals surface area (Å²) in [4.78, 5) is 10.4. The maximum Gasteiger partial charge on any atom is 0.313 e. The van der Waals surface area contributed by atoms with Gasteiger partial charge in [-0.15, -0.1) is 0 Å². The molecule has 0 heterocycles. The van der Waals surface area contributed by atoms with E-state index in [1.54, 1.807) is 25.1 Å². The van der Waals surface area contributed by atoms with Crippen molar-refractivity contribution in [3.8, 4) is 5.75 Å². The monoisotopic (exact) mass is 253 g/mol. The van der Waals surface area contributed by atoms with Crippen LogP contribution in [0.4, 0.5) is 5.69 Å². The third kappa shape index (κ3) is 3.62. The number of aryl methyl sites for hydroxylation is 1. The quantitative estimate of drug-likeness (QED) is 0.200. The van der Waals surface area contributed by atoms with Crippen LogP contribution in [0.1, 0.15) is 18.4 Å². The number of hydrogen-bond donors (Lipinski definition) is 2. The molecule has 7 nitrogen and oxygen atoms in total. The summed E-state index contributed by atoms with van der Waals surface area (Å²) >= 11 is 0. The average molecular weight is 253 g/mol. The van der Waals surface area contributed by atoms with E-state index in [2.05, 4.69) is 5.16 Å². The second kappa shape index (κ2) is 6.43. The Balaban J connectivity index is 2.62. The minimum atomic E-state index is -0.464. The number of hydrogen-bond acceptors (Lipinski definition) is 5. The molecule has 0 saturated heterocycles. The number of benzene rings is 1. The normalized spacial score (nSPS) is 11.3. The summed E-state index contributed by atoms with van der Waals surface area (Å²) in [6, 6.07) is 4.90. The van der Waals surface area contributed by atoms with E-state index in [1.165, 1.54) is 0 Å². The number of nitrogens with zero attached hydrogens (tertiary/aromatic N) is 2. The van der Waals surface area contributed by atoms with Crippen LogP contribution in [0.25, 0.3) is 0 Å². The maximum absolute atomic E-state index is 10.9. The molecule has 0 aliphatic heterocycles. The van der Waals surface area contributed by atoms with Gasteiger partial charge in [-0.3, -0.25) is 10.1 Å². The van der Waals surface area contributed by atoms with Crippen molar-refractivity contribution in [2.75, 3.05) is 6.61 Å². The first kappa shape index (κ1) is 13.8. The molecule has 7 heteroatoms. The van der Waals surface area contributed by atoms with E-state index in [0.717, 1.165) is 0 Å². The Labute approximate surface area is 104 Å². The molecule has 0 radical (unpaired) electrons. The Morgan fingerprint density at radius 2 is 2.33 bits per heavy atom. The minimum absolute atomic E-state index is 0.0266. The Kier molecular flexibility index (Phi) is 4.91. The molecule has 0 unspecified atom stereocenters. The first-order valence-electron chi connectivity index (χ1n) is 5.39. The number of nitro groups is 1. The molecule has 1 aromatic rings. The third-order valence-electron chi connectivity index (χ3n) is 2.35. The van der Waals surface area contributed by atoms with Crippen LogP contribution in [0.5, 0.6) is 5.75 Å². The molecule has 0 bridgehead atoms. The number of nitrogens with two attached hydrogens (primary N) is 1. The van der Waals surface area contributed by atoms with Crippen molar-refractivity contribution in [1.29, 1.82) is 0 Å². The van der Waals surface area contributed by atoms with E-state index in [0.29, 0.717) is 18.4 Å². The van der Waals surface area contributed by atoms with Crippen molar-refractivity contribution in [2.24, 2.45) is 10.9 Å². The van der Waals surface area contributed by atoms with Gasteiger partial charge in [0.25, 0.3) is 0 Å². The van der Waals surface area contributed by atoms with Gasteiger partial charge >= 0.3 is 5.69 Å². The van der Waals surface area contributed by atoms with Crippen LogP contribution in [0.15, 0.2) is 23.4 Å². The van der Waals surface area contributed by atoms with E-state index < -0.39 is 4.92 Å². The van der Waals surface area contributed by atoms with Crippen molar-refractivity contribution in [3.63, 3.8) is 0 Å². The number of rotatable bonds is 6. The van der Waals surface area contributed by atoms with Gasteiger partial charge in [0.1, 0.15) is 5.84 Å². The highest BCUT2D eigenvalue weighted by Gasteiger charge is 2.17. The van der Waals surface area contributed by atoms with Gasteiger partial charge in [0, 0.05) is 12.0 Å². The highest BCUT2D eigenvalue weighted by molar-refractivity contribution is 5.79. The molecule has 0 amide bonds. The fourth-order valence-electron chi connectivity index (χ4n) is 1.47. The van der Waals surface area contributed by atoms with Crippen molar-refractivity contribution >= 4 is 11.5 Å². The summed E-state index contributed by atoms with van der Waals surface area (Å²) in [6.07, 6.45) is 0.886. The lowest BCUT2D eigenvalue weighted by Gasteiger charge is -2.07. The summed E-state index contributed by atoms with van der Waals surface area (Å²) in [6.45, 7) is 1.92. The smallest absolute Gasteiger partial charge is 0.313 e. The third-order valence-corrected chi connectivity index (χ3v) is 2.35. The largest absolute Gasteiger partial charge is 0.487 e. The van der Waals surface area contributed by atoms with Gasteiger partial charge in [-0.05, 0) is 19.4 Å². The molecule has 1 rings (SSSR count). The van der Waals surface area contributed by atoms with Crippen LogP contribution < -0.4 is 10.5 Å². The predicted octanol–water partition coefficient (Wildman–Crippen LogP) is 1.81. The van der Waals surface area contributed by atoms with E-state index in [4.69, 9.17) is 15.7 Å². The molecular formula is C11H15N3O4. The molecule has 0 spiro atoms. The molecule has 0 aliphatic carbocycles. The lowest BCUT2D eigenvalue weighted by Crippen LogP contribution is -2.13. The zero-order valence-electron chi connectivity index (χ0n) is 10.00. The van der Waals surface area contributed by atoms with Gasteiger partial charge < -0.3 is 15.7 Å². The van der Waals surface area contributed by atoms with E-state index in [-0.39, 0.29) is 23.9 Å². The zero-order valence-corrected chi connectivity index (χ0v) is 10.00. The van der Waals surface area contributed by atoms with Crippen molar-refractivity contribution in [3.05, 3.63) is 33.9 Å². The predicted molar refractivity (Wildman–Crippen MR) is 66.0 cm³/mol. The second-order valence-electron chi connectivity index (χ2n) is 3.72. The minimum Gasteiger partial charge on any atom is -0.487 e. The number of nitro benzene ring substituents is 1. The van der Waals surface area contributed by atoms with Crippen molar-refractivity contribution in [1.82, 2.24) is 0 Å². The highest BCUT2D eigenvalue weighted by atomic mass is 16.6. The summed E-state index contributed by atoms with van der Waals surface area (Å²) in [5.41, 5.74) is 5.81. The molecule has 0 aromatic heterocycles.